The molecular formula is C15H24N2O. The lowest BCUT2D eigenvalue weighted by molar-refractivity contribution is 0.114. The Morgan fingerprint density at radius 2 is 2.00 bits per heavy atom. The Morgan fingerprint density at radius 3 is 2.50 bits per heavy atom. The summed E-state index contributed by atoms with van der Waals surface area (Å²) in [5.74, 6) is 0.930. The maximum absolute atomic E-state index is 5.21. The van der Waals surface area contributed by atoms with Gasteiger partial charge in [0, 0.05) is 12.1 Å². The van der Waals surface area contributed by atoms with Crippen molar-refractivity contribution in [2.75, 3.05) is 34.3 Å². The van der Waals surface area contributed by atoms with Crippen molar-refractivity contribution in [3.05, 3.63) is 29.8 Å². The standard InChI is InChI=1S/C15H24N2O/c1-17(2)15(9-4-10-16-12-15)11-13-5-7-14(18-3)8-6-13/h5-8,16H,4,9-12H2,1-3H3. The van der Waals surface area contributed by atoms with Crippen LogP contribution >= 0.6 is 0 Å². The number of benzene rings is 1. The van der Waals surface area contributed by atoms with Crippen LogP contribution in [-0.4, -0.2) is 44.7 Å². The molecule has 3 heteroatoms. The second-order valence-electron chi connectivity index (χ2n) is 5.42. The van der Waals surface area contributed by atoms with Crippen molar-refractivity contribution in [2.45, 2.75) is 24.8 Å². The quantitative estimate of drug-likeness (QED) is 0.881. The zero-order valence-electron chi connectivity index (χ0n) is 11.7. The molecular weight excluding hydrogens is 224 g/mol. The molecule has 1 fully saturated rings. The van der Waals surface area contributed by atoms with Gasteiger partial charge in [0.05, 0.1) is 7.11 Å². The van der Waals surface area contributed by atoms with Crippen LogP contribution in [0.25, 0.3) is 0 Å². The summed E-state index contributed by atoms with van der Waals surface area (Å²) < 4.78 is 5.21. The fourth-order valence-electron chi connectivity index (χ4n) is 2.77. The lowest BCUT2D eigenvalue weighted by Gasteiger charge is -2.43. The number of nitrogens with one attached hydrogen (secondary N) is 1. The summed E-state index contributed by atoms with van der Waals surface area (Å²) in [5, 5.41) is 3.53. The van der Waals surface area contributed by atoms with Crippen LogP contribution in [0.2, 0.25) is 0 Å². The van der Waals surface area contributed by atoms with Gasteiger partial charge >= 0.3 is 0 Å². The first-order valence-electron chi connectivity index (χ1n) is 6.67. The van der Waals surface area contributed by atoms with Crippen molar-refractivity contribution >= 4 is 0 Å². The number of rotatable bonds is 4. The molecule has 1 N–H and O–H groups in total. The van der Waals surface area contributed by atoms with E-state index in [9.17, 15) is 0 Å². The Labute approximate surface area is 110 Å². The molecule has 0 amide bonds. The van der Waals surface area contributed by atoms with E-state index in [0.717, 1.165) is 25.3 Å². The topological polar surface area (TPSA) is 24.5 Å². The number of hydrogen-bond donors (Lipinski definition) is 1. The highest BCUT2D eigenvalue weighted by atomic mass is 16.5. The first-order chi connectivity index (χ1) is 8.66. The van der Waals surface area contributed by atoms with E-state index in [-0.39, 0.29) is 5.54 Å². The van der Waals surface area contributed by atoms with Crippen LogP contribution in [0.3, 0.4) is 0 Å². The number of methoxy groups -OCH3 is 1. The number of ether oxygens (including phenoxy) is 1. The molecule has 18 heavy (non-hydrogen) atoms. The van der Waals surface area contributed by atoms with Gasteiger partial charge in [-0.3, -0.25) is 0 Å². The SMILES string of the molecule is COc1ccc(CC2(N(C)C)CCCNC2)cc1. The molecule has 1 aromatic rings. The number of piperidine rings is 1. The van der Waals surface area contributed by atoms with Gasteiger partial charge in [0.15, 0.2) is 0 Å². The Kier molecular flexibility index (Phi) is 4.25. The third-order valence-corrected chi connectivity index (χ3v) is 4.09. The summed E-state index contributed by atoms with van der Waals surface area (Å²) >= 11 is 0. The molecule has 0 aromatic heterocycles. The maximum Gasteiger partial charge on any atom is 0.118 e. The van der Waals surface area contributed by atoms with Crippen LogP contribution < -0.4 is 10.1 Å². The van der Waals surface area contributed by atoms with Crippen LogP contribution in [0.5, 0.6) is 5.75 Å². The molecule has 1 heterocycles. The van der Waals surface area contributed by atoms with E-state index in [0.29, 0.717) is 0 Å². The van der Waals surface area contributed by atoms with Crippen molar-refractivity contribution in [2.24, 2.45) is 0 Å². The first kappa shape index (κ1) is 13.4. The number of nitrogens with zero attached hydrogens (tertiary/aromatic N) is 1. The summed E-state index contributed by atoms with van der Waals surface area (Å²) in [6.07, 6.45) is 3.62. The minimum atomic E-state index is 0.257. The fourth-order valence-corrected chi connectivity index (χ4v) is 2.77. The van der Waals surface area contributed by atoms with Gasteiger partial charge in [-0.1, -0.05) is 12.1 Å². The van der Waals surface area contributed by atoms with E-state index >= 15 is 0 Å². The van der Waals surface area contributed by atoms with Crippen LogP contribution in [0.15, 0.2) is 24.3 Å². The monoisotopic (exact) mass is 248 g/mol. The zero-order valence-corrected chi connectivity index (χ0v) is 11.7. The van der Waals surface area contributed by atoms with E-state index in [4.69, 9.17) is 4.74 Å². The van der Waals surface area contributed by atoms with Gasteiger partial charge in [-0.15, -0.1) is 0 Å². The minimum absolute atomic E-state index is 0.257. The van der Waals surface area contributed by atoms with Gasteiger partial charge in [-0.25, -0.2) is 0 Å². The van der Waals surface area contributed by atoms with Crippen molar-refractivity contribution in [1.29, 1.82) is 0 Å². The van der Waals surface area contributed by atoms with Crippen LogP contribution in [0, 0.1) is 0 Å². The highest BCUT2D eigenvalue weighted by molar-refractivity contribution is 5.28. The second-order valence-corrected chi connectivity index (χ2v) is 5.42. The maximum atomic E-state index is 5.21. The Morgan fingerprint density at radius 1 is 1.28 bits per heavy atom. The lowest BCUT2D eigenvalue weighted by Crippen LogP contribution is -2.56. The molecule has 2 rings (SSSR count). The lowest BCUT2D eigenvalue weighted by atomic mass is 9.83. The highest BCUT2D eigenvalue weighted by Crippen LogP contribution is 2.27. The summed E-state index contributed by atoms with van der Waals surface area (Å²) in [6, 6.07) is 8.46. The Hall–Kier alpha value is -1.06. The predicted molar refractivity (Wildman–Crippen MR) is 75.2 cm³/mol. The van der Waals surface area contributed by atoms with Crippen molar-refractivity contribution in [3.63, 3.8) is 0 Å². The second kappa shape index (κ2) is 5.72. The molecule has 1 aromatic carbocycles. The normalized spacial score (nSPS) is 24.2. The van der Waals surface area contributed by atoms with E-state index in [1.165, 1.54) is 18.4 Å². The molecule has 0 radical (unpaired) electrons. The van der Waals surface area contributed by atoms with Gasteiger partial charge < -0.3 is 15.0 Å². The third-order valence-electron chi connectivity index (χ3n) is 4.09. The van der Waals surface area contributed by atoms with Gasteiger partial charge in [0.1, 0.15) is 5.75 Å². The van der Waals surface area contributed by atoms with E-state index in [1.54, 1.807) is 7.11 Å². The molecule has 0 spiro atoms. The van der Waals surface area contributed by atoms with Gasteiger partial charge in [0.2, 0.25) is 0 Å². The third kappa shape index (κ3) is 2.85. The average Bonchev–Trinajstić information content (AvgIpc) is 2.40. The van der Waals surface area contributed by atoms with Crippen molar-refractivity contribution in [1.82, 2.24) is 10.2 Å². The van der Waals surface area contributed by atoms with E-state index in [2.05, 4.69) is 48.6 Å². The highest BCUT2D eigenvalue weighted by Gasteiger charge is 2.34. The molecule has 1 unspecified atom stereocenters. The van der Waals surface area contributed by atoms with E-state index in [1.807, 2.05) is 0 Å². The zero-order chi connectivity index (χ0) is 13.0. The Bertz CT molecular complexity index is 367. The summed E-state index contributed by atoms with van der Waals surface area (Å²) in [5.41, 5.74) is 1.64. The van der Waals surface area contributed by atoms with E-state index < -0.39 is 0 Å². The first-order valence-corrected chi connectivity index (χ1v) is 6.67. The fraction of sp³-hybridized carbons (Fsp3) is 0.600. The Balaban J connectivity index is 2.12. The van der Waals surface area contributed by atoms with Crippen molar-refractivity contribution in [3.8, 4) is 5.75 Å². The molecule has 1 atom stereocenters. The molecule has 0 aliphatic carbocycles. The molecule has 0 bridgehead atoms. The molecule has 0 saturated carbocycles. The van der Waals surface area contributed by atoms with Crippen LogP contribution in [-0.2, 0) is 6.42 Å². The van der Waals surface area contributed by atoms with Gasteiger partial charge in [-0.05, 0) is 57.6 Å². The molecule has 1 aliphatic heterocycles. The summed E-state index contributed by atoms with van der Waals surface area (Å²) in [7, 11) is 6.09. The van der Waals surface area contributed by atoms with Crippen LogP contribution in [0.1, 0.15) is 18.4 Å². The van der Waals surface area contributed by atoms with Crippen molar-refractivity contribution < 1.29 is 4.74 Å². The molecule has 1 saturated heterocycles. The van der Waals surface area contributed by atoms with Crippen LogP contribution in [0.4, 0.5) is 0 Å². The number of likely N-dealkylation sites (N-methyl/N-ethyl adjacent to an activating group) is 1. The van der Waals surface area contributed by atoms with Gasteiger partial charge in [-0.2, -0.15) is 0 Å². The molecule has 1 aliphatic rings. The molecule has 3 nitrogen and oxygen atoms in total. The number of hydrogen-bond acceptors (Lipinski definition) is 3. The summed E-state index contributed by atoms with van der Waals surface area (Å²) in [6.45, 7) is 2.23. The smallest absolute Gasteiger partial charge is 0.118 e. The largest absolute Gasteiger partial charge is 0.497 e. The molecule has 100 valence electrons. The minimum Gasteiger partial charge on any atom is -0.497 e. The summed E-state index contributed by atoms with van der Waals surface area (Å²) in [4.78, 5) is 2.38. The predicted octanol–water partition coefficient (Wildman–Crippen LogP) is 1.92. The van der Waals surface area contributed by atoms with Gasteiger partial charge in [0.25, 0.3) is 0 Å². The average molecular weight is 248 g/mol.